The van der Waals surface area contributed by atoms with Gasteiger partial charge in [0.05, 0.1) is 16.4 Å². The molecule has 0 N–H and O–H groups in total. The Kier molecular flexibility index (Phi) is 5.92. The van der Waals surface area contributed by atoms with E-state index in [2.05, 4.69) is 4.90 Å². The zero-order valence-corrected chi connectivity index (χ0v) is 15.4. The molecule has 2 fully saturated rings. The number of sulfone groups is 1. The van der Waals surface area contributed by atoms with Crippen LogP contribution in [0.25, 0.3) is 0 Å². The van der Waals surface area contributed by atoms with Crippen LogP contribution in [-0.2, 0) is 14.6 Å². The van der Waals surface area contributed by atoms with E-state index in [1.165, 1.54) is 6.07 Å². The monoisotopic (exact) mass is 405 g/mol. The Bertz CT molecular complexity index is 791. The molecule has 11 heteroatoms. The minimum absolute atomic E-state index is 0.247. The fraction of sp³-hybridized carbons (Fsp3) is 0.625. The first-order chi connectivity index (χ1) is 12.8. The van der Waals surface area contributed by atoms with Crippen molar-refractivity contribution in [3.05, 3.63) is 28.3 Å². The lowest BCUT2D eigenvalue weighted by atomic mass is 10.1. The summed E-state index contributed by atoms with van der Waals surface area (Å²) < 4.78 is 54.0. The molecule has 0 amide bonds. The highest BCUT2D eigenvalue weighted by Crippen LogP contribution is 2.33. The smallest absolute Gasteiger partial charge is 0.341 e. The summed E-state index contributed by atoms with van der Waals surface area (Å²) in [4.78, 5) is 14.0. The highest BCUT2D eigenvalue weighted by molar-refractivity contribution is 7.91. The Labute approximate surface area is 155 Å². The molecule has 1 unspecified atom stereocenters. The molecule has 27 heavy (non-hydrogen) atoms. The van der Waals surface area contributed by atoms with E-state index in [0.29, 0.717) is 32.1 Å². The third-order valence-electron chi connectivity index (χ3n) is 4.96. The summed E-state index contributed by atoms with van der Waals surface area (Å²) in [7, 11) is -4.88. The standard InChI is InChI=1S/C16H21F2N3O5S/c17-16(18)27(24,25)13-1-2-14(15(9-13)21(22)23)20-6-4-19(5-7-20)10-12-3-8-26-11-12/h1-2,9,12,16H,3-8,10-11H2. The van der Waals surface area contributed by atoms with Gasteiger partial charge in [0.1, 0.15) is 5.69 Å². The van der Waals surface area contributed by atoms with Gasteiger partial charge < -0.3 is 9.64 Å². The average molecular weight is 405 g/mol. The van der Waals surface area contributed by atoms with Gasteiger partial charge in [0.25, 0.3) is 5.69 Å². The van der Waals surface area contributed by atoms with Gasteiger partial charge in [-0.2, -0.15) is 8.78 Å². The Morgan fingerprint density at radius 1 is 1.26 bits per heavy atom. The van der Waals surface area contributed by atoms with E-state index in [1.54, 1.807) is 4.90 Å². The molecule has 1 aromatic carbocycles. The summed E-state index contributed by atoms with van der Waals surface area (Å²) in [5.74, 6) is -3.12. The first-order valence-electron chi connectivity index (χ1n) is 8.64. The second-order valence-electron chi connectivity index (χ2n) is 6.73. The second kappa shape index (κ2) is 8.03. The van der Waals surface area contributed by atoms with Gasteiger partial charge in [-0.05, 0) is 24.5 Å². The van der Waals surface area contributed by atoms with Crippen LogP contribution >= 0.6 is 0 Å². The number of piperazine rings is 1. The van der Waals surface area contributed by atoms with E-state index in [9.17, 15) is 27.3 Å². The summed E-state index contributed by atoms with van der Waals surface area (Å²) in [5.41, 5.74) is -0.230. The summed E-state index contributed by atoms with van der Waals surface area (Å²) >= 11 is 0. The molecule has 0 aromatic heterocycles. The van der Waals surface area contributed by atoms with Crippen molar-refractivity contribution < 1.29 is 26.9 Å². The zero-order chi connectivity index (χ0) is 19.6. The Morgan fingerprint density at radius 2 is 1.96 bits per heavy atom. The molecule has 2 aliphatic heterocycles. The molecule has 2 saturated heterocycles. The predicted octanol–water partition coefficient (Wildman–Crippen LogP) is 1.75. The normalized spacial score (nSPS) is 21.7. The molecule has 150 valence electrons. The van der Waals surface area contributed by atoms with Crippen molar-refractivity contribution in [2.45, 2.75) is 17.1 Å². The minimum Gasteiger partial charge on any atom is -0.381 e. The highest BCUT2D eigenvalue weighted by Gasteiger charge is 2.31. The molecule has 3 rings (SSSR count). The molecule has 1 aromatic rings. The number of benzene rings is 1. The topological polar surface area (TPSA) is 93.0 Å². The highest BCUT2D eigenvalue weighted by atomic mass is 32.2. The molecule has 2 aliphatic rings. The number of ether oxygens (including phenoxy) is 1. The molecular formula is C16H21F2N3O5S. The van der Waals surface area contributed by atoms with Crippen molar-refractivity contribution in [2.75, 3.05) is 50.8 Å². The largest absolute Gasteiger partial charge is 0.381 e. The summed E-state index contributed by atoms with van der Waals surface area (Å²) in [5, 5.41) is 11.4. The van der Waals surface area contributed by atoms with Crippen molar-refractivity contribution in [3.63, 3.8) is 0 Å². The molecule has 8 nitrogen and oxygen atoms in total. The van der Waals surface area contributed by atoms with Gasteiger partial charge in [0.15, 0.2) is 0 Å². The maximum atomic E-state index is 12.7. The summed E-state index contributed by atoms with van der Waals surface area (Å²) in [6.45, 7) is 4.96. The van der Waals surface area contributed by atoms with Gasteiger partial charge >= 0.3 is 5.76 Å². The molecule has 1 atom stereocenters. The van der Waals surface area contributed by atoms with E-state index in [4.69, 9.17) is 4.74 Å². The van der Waals surface area contributed by atoms with Gasteiger partial charge in [-0.1, -0.05) is 0 Å². The van der Waals surface area contributed by atoms with Crippen molar-refractivity contribution in [2.24, 2.45) is 5.92 Å². The zero-order valence-electron chi connectivity index (χ0n) is 14.6. The van der Waals surface area contributed by atoms with E-state index in [1.807, 2.05) is 0 Å². The summed E-state index contributed by atoms with van der Waals surface area (Å²) in [6.07, 6.45) is 1.03. The Balaban J connectivity index is 1.74. The van der Waals surface area contributed by atoms with E-state index in [0.717, 1.165) is 38.3 Å². The number of nitrogens with zero attached hydrogens (tertiary/aromatic N) is 3. The van der Waals surface area contributed by atoms with Gasteiger partial charge in [0, 0.05) is 45.4 Å². The van der Waals surface area contributed by atoms with Crippen molar-refractivity contribution >= 4 is 21.2 Å². The van der Waals surface area contributed by atoms with Gasteiger partial charge in [-0.25, -0.2) is 8.42 Å². The van der Waals surface area contributed by atoms with Crippen LogP contribution < -0.4 is 4.90 Å². The second-order valence-corrected chi connectivity index (χ2v) is 8.65. The first-order valence-corrected chi connectivity index (χ1v) is 10.2. The maximum Gasteiger partial charge on any atom is 0.341 e. The van der Waals surface area contributed by atoms with Crippen LogP contribution in [0.2, 0.25) is 0 Å². The lowest BCUT2D eigenvalue weighted by Gasteiger charge is -2.36. The number of rotatable bonds is 6. The molecule has 0 radical (unpaired) electrons. The van der Waals surface area contributed by atoms with Crippen LogP contribution in [0.5, 0.6) is 0 Å². The lowest BCUT2D eigenvalue weighted by molar-refractivity contribution is -0.384. The first kappa shape index (κ1) is 19.9. The third-order valence-corrected chi connectivity index (χ3v) is 6.34. The molecular weight excluding hydrogens is 384 g/mol. The number of nitro benzene ring substituents is 1. The third kappa shape index (κ3) is 4.36. The van der Waals surface area contributed by atoms with Crippen LogP contribution in [0.15, 0.2) is 23.1 Å². The molecule has 2 heterocycles. The van der Waals surface area contributed by atoms with Gasteiger partial charge in [-0.3, -0.25) is 15.0 Å². The van der Waals surface area contributed by atoms with Crippen LogP contribution in [0, 0.1) is 16.0 Å². The van der Waals surface area contributed by atoms with Gasteiger partial charge in [-0.15, -0.1) is 0 Å². The number of nitro groups is 1. The van der Waals surface area contributed by atoms with E-state index >= 15 is 0 Å². The van der Waals surface area contributed by atoms with E-state index in [-0.39, 0.29) is 5.69 Å². The molecule has 0 aliphatic carbocycles. The van der Waals surface area contributed by atoms with E-state index < -0.39 is 31.1 Å². The van der Waals surface area contributed by atoms with Crippen molar-refractivity contribution in [3.8, 4) is 0 Å². The molecule has 0 spiro atoms. The van der Waals surface area contributed by atoms with Crippen molar-refractivity contribution in [1.29, 1.82) is 0 Å². The Morgan fingerprint density at radius 3 is 2.52 bits per heavy atom. The minimum atomic E-state index is -4.88. The number of alkyl halides is 2. The maximum absolute atomic E-state index is 12.7. The lowest BCUT2D eigenvalue weighted by Crippen LogP contribution is -2.48. The number of halogens is 2. The fourth-order valence-electron chi connectivity index (χ4n) is 3.46. The molecule has 0 saturated carbocycles. The average Bonchev–Trinajstić information content (AvgIpc) is 3.14. The number of hydrogen-bond acceptors (Lipinski definition) is 7. The Hall–Kier alpha value is -1.85. The van der Waals surface area contributed by atoms with Crippen LogP contribution in [0.1, 0.15) is 6.42 Å². The summed E-state index contributed by atoms with van der Waals surface area (Å²) in [6, 6.07) is 2.97. The molecule has 0 bridgehead atoms. The quantitative estimate of drug-likeness (QED) is 0.526. The van der Waals surface area contributed by atoms with Crippen LogP contribution in [0.4, 0.5) is 20.2 Å². The van der Waals surface area contributed by atoms with Crippen molar-refractivity contribution in [1.82, 2.24) is 4.90 Å². The van der Waals surface area contributed by atoms with Crippen LogP contribution in [-0.4, -0.2) is 69.9 Å². The fourth-order valence-corrected chi connectivity index (χ4v) is 4.20. The van der Waals surface area contributed by atoms with Crippen LogP contribution in [0.3, 0.4) is 0 Å². The number of hydrogen-bond donors (Lipinski definition) is 0. The van der Waals surface area contributed by atoms with Gasteiger partial charge in [0.2, 0.25) is 9.84 Å². The SMILES string of the molecule is O=[N+]([O-])c1cc(S(=O)(=O)C(F)F)ccc1N1CCN(CC2CCOC2)CC1. The number of anilines is 1. The predicted molar refractivity (Wildman–Crippen MR) is 93.9 cm³/mol.